The van der Waals surface area contributed by atoms with Gasteiger partial charge in [0.05, 0.1) is 0 Å². The molecule has 1 aromatic heterocycles. The summed E-state index contributed by atoms with van der Waals surface area (Å²) in [5.41, 5.74) is 7.77. The molecular formula is C10H14ClN3. The van der Waals surface area contributed by atoms with Crippen molar-refractivity contribution in [3.63, 3.8) is 0 Å². The molecule has 1 aliphatic rings. The van der Waals surface area contributed by atoms with Crippen LogP contribution in [-0.2, 0) is 6.54 Å². The van der Waals surface area contributed by atoms with Gasteiger partial charge in [0, 0.05) is 24.8 Å². The zero-order valence-corrected chi connectivity index (χ0v) is 8.72. The number of nitrogens with one attached hydrogen (secondary N) is 1. The third-order valence-electron chi connectivity index (χ3n) is 2.68. The molecule has 0 aliphatic carbocycles. The van der Waals surface area contributed by atoms with Crippen molar-refractivity contribution >= 4 is 11.6 Å². The minimum Gasteiger partial charge on any atom is -0.326 e. The van der Waals surface area contributed by atoms with E-state index in [1.165, 1.54) is 12.0 Å². The Bertz CT molecular complexity index is 321. The molecule has 0 radical (unpaired) electrons. The lowest BCUT2D eigenvalue weighted by Gasteiger charge is -2.10. The smallest absolute Gasteiger partial charge is 0.133 e. The first-order valence-corrected chi connectivity index (χ1v) is 5.24. The van der Waals surface area contributed by atoms with Gasteiger partial charge in [0.1, 0.15) is 5.15 Å². The summed E-state index contributed by atoms with van der Waals surface area (Å²) in [6.45, 7) is 2.58. The van der Waals surface area contributed by atoms with Crippen LogP contribution in [0, 0.1) is 0 Å². The van der Waals surface area contributed by atoms with E-state index in [9.17, 15) is 0 Å². The molecule has 0 amide bonds. The van der Waals surface area contributed by atoms with Crippen LogP contribution in [0.5, 0.6) is 0 Å². The van der Waals surface area contributed by atoms with Gasteiger partial charge in [-0.25, -0.2) is 4.98 Å². The Balaban J connectivity index is 2.25. The number of nitrogens with zero attached hydrogens (tertiary/aromatic N) is 1. The standard InChI is InChI=1S/C10H14ClN3/c11-10-8(4-12)3-9(6-14-10)7-1-2-13-5-7/h3,6-7,13H,1-2,4-5,12H2. The molecule has 1 fully saturated rings. The minimum absolute atomic E-state index is 0.458. The first kappa shape index (κ1) is 9.90. The molecule has 1 aromatic rings. The van der Waals surface area contributed by atoms with Crippen LogP contribution in [0.4, 0.5) is 0 Å². The van der Waals surface area contributed by atoms with E-state index in [2.05, 4.69) is 16.4 Å². The number of pyridine rings is 1. The summed E-state index contributed by atoms with van der Waals surface area (Å²) < 4.78 is 0. The zero-order chi connectivity index (χ0) is 9.97. The van der Waals surface area contributed by atoms with E-state index in [4.69, 9.17) is 17.3 Å². The Labute approximate surface area is 88.7 Å². The minimum atomic E-state index is 0.458. The van der Waals surface area contributed by atoms with E-state index in [0.29, 0.717) is 17.6 Å². The fraction of sp³-hybridized carbons (Fsp3) is 0.500. The van der Waals surface area contributed by atoms with Crippen LogP contribution in [0.3, 0.4) is 0 Å². The number of rotatable bonds is 2. The van der Waals surface area contributed by atoms with Gasteiger partial charge in [0.15, 0.2) is 0 Å². The number of hydrogen-bond donors (Lipinski definition) is 2. The molecule has 0 aromatic carbocycles. The highest BCUT2D eigenvalue weighted by Gasteiger charge is 2.17. The fourth-order valence-electron chi connectivity index (χ4n) is 1.82. The molecule has 3 nitrogen and oxygen atoms in total. The predicted molar refractivity (Wildman–Crippen MR) is 57.4 cm³/mol. The van der Waals surface area contributed by atoms with Crippen LogP contribution in [0.1, 0.15) is 23.5 Å². The van der Waals surface area contributed by atoms with Gasteiger partial charge in [-0.15, -0.1) is 0 Å². The van der Waals surface area contributed by atoms with Crippen molar-refractivity contribution in [3.05, 3.63) is 28.5 Å². The summed E-state index contributed by atoms with van der Waals surface area (Å²) in [5.74, 6) is 0.574. The monoisotopic (exact) mass is 211 g/mol. The van der Waals surface area contributed by atoms with Crippen LogP contribution in [0.2, 0.25) is 5.15 Å². The Kier molecular flexibility index (Phi) is 3.01. The molecule has 1 saturated heterocycles. The molecule has 2 heterocycles. The van der Waals surface area contributed by atoms with Gasteiger partial charge in [-0.2, -0.15) is 0 Å². The van der Waals surface area contributed by atoms with E-state index in [0.717, 1.165) is 18.7 Å². The molecule has 14 heavy (non-hydrogen) atoms. The molecular weight excluding hydrogens is 198 g/mol. The second-order valence-electron chi connectivity index (χ2n) is 3.61. The van der Waals surface area contributed by atoms with Crippen molar-refractivity contribution in [1.82, 2.24) is 10.3 Å². The van der Waals surface area contributed by atoms with Crippen molar-refractivity contribution in [1.29, 1.82) is 0 Å². The van der Waals surface area contributed by atoms with Crippen LogP contribution in [0.25, 0.3) is 0 Å². The van der Waals surface area contributed by atoms with E-state index < -0.39 is 0 Å². The molecule has 0 spiro atoms. The van der Waals surface area contributed by atoms with Crippen LogP contribution in [-0.4, -0.2) is 18.1 Å². The molecule has 0 saturated carbocycles. The maximum atomic E-state index is 5.90. The van der Waals surface area contributed by atoms with Crippen molar-refractivity contribution in [2.45, 2.75) is 18.9 Å². The maximum absolute atomic E-state index is 5.90. The Morgan fingerprint density at radius 1 is 1.64 bits per heavy atom. The van der Waals surface area contributed by atoms with Crippen molar-refractivity contribution < 1.29 is 0 Å². The quantitative estimate of drug-likeness (QED) is 0.725. The van der Waals surface area contributed by atoms with Crippen molar-refractivity contribution in [2.24, 2.45) is 5.73 Å². The summed E-state index contributed by atoms with van der Waals surface area (Å²) >= 11 is 5.90. The second-order valence-corrected chi connectivity index (χ2v) is 3.97. The van der Waals surface area contributed by atoms with E-state index in [-0.39, 0.29) is 0 Å². The Hall–Kier alpha value is -0.640. The van der Waals surface area contributed by atoms with Crippen LogP contribution < -0.4 is 11.1 Å². The van der Waals surface area contributed by atoms with Gasteiger partial charge >= 0.3 is 0 Å². The largest absolute Gasteiger partial charge is 0.326 e. The zero-order valence-electron chi connectivity index (χ0n) is 7.96. The lowest BCUT2D eigenvalue weighted by Crippen LogP contribution is -2.09. The molecule has 0 bridgehead atoms. The molecule has 2 rings (SSSR count). The molecule has 3 N–H and O–H groups in total. The highest BCUT2D eigenvalue weighted by atomic mass is 35.5. The highest BCUT2D eigenvalue weighted by Crippen LogP contribution is 2.24. The van der Waals surface area contributed by atoms with Crippen molar-refractivity contribution in [2.75, 3.05) is 13.1 Å². The first-order chi connectivity index (χ1) is 6.81. The van der Waals surface area contributed by atoms with Crippen LogP contribution >= 0.6 is 11.6 Å². The Morgan fingerprint density at radius 2 is 2.50 bits per heavy atom. The van der Waals surface area contributed by atoms with E-state index >= 15 is 0 Å². The third kappa shape index (κ3) is 1.90. The lowest BCUT2D eigenvalue weighted by molar-refractivity contribution is 0.756. The van der Waals surface area contributed by atoms with Gasteiger partial charge in [0.25, 0.3) is 0 Å². The summed E-state index contributed by atoms with van der Waals surface area (Å²) in [5, 5.41) is 3.86. The SMILES string of the molecule is NCc1cc(C2CCNC2)cnc1Cl. The number of nitrogens with two attached hydrogens (primary N) is 1. The van der Waals surface area contributed by atoms with Gasteiger partial charge in [-0.1, -0.05) is 11.6 Å². The van der Waals surface area contributed by atoms with Gasteiger partial charge in [-0.3, -0.25) is 0 Å². The topological polar surface area (TPSA) is 50.9 Å². The lowest BCUT2D eigenvalue weighted by atomic mass is 9.99. The van der Waals surface area contributed by atoms with Gasteiger partial charge in [-0.05, 0) is 30.5 Å². The maximum Gasteiger partial charge on any atom is 0.133 e. The average Bonchev–Trinajstić information content (AvgIpc) is 2.71. The normalized spacial score (nSPS) is 21.4. The summed E-state index contributed by atoms with van der Waals surface area (Å²) in [4.78, 5) is 4.15. The number of hydrogen-bond acceptors (Lipinski definition) is 3. The van der Waals surface area contributed by atoms with E-state index in [1.54, 1.807) is 0 Å². The average molecular weight is 212 g/mol. The molecule has 1 atom stereocenters. The predicted octanol–water partition coefficient (Wildman–Crippen LogP) is 1.27. The molecule has 76 valence electrons. The van der Waals surface area contributed by atoms with E-state index in [1.807, 2.05) is 6.20 Å². The fourth-order valence-corrected chi connectivity index (χ4v) is 2.00. The van der Waals surface area contributed by atoms with Gasteiger partial charge in [0.2, 0.25) is 0 Å². The molecule has 1 aliphatic heterocycles. The first-order valence-electron chi connectivity index (χ1n) is 4.86. The summed E-state index contributed by atoms with van der Waals surface area (Å²) in [7, 11) is 0. The molecule has 1 unspecified atom stereocenters. The number of aromatic nitrogens is 1. The third-order valence-corrected chi connectivity index (χ3v) is 3.02. The summed E-state index contributed by atoms with van der Waals surface area (Å²) in [6, 6.07) is 2.08. The highest BCUT2D eigenvalue weighted by molar-refractivity contribution is 6.30. The molecule has 4 heteroatoms. The van der Waals surface area contributed by atoms with Crippen molar-refractivity contribution in [3.8, 4) is 0 Å². The van der Waals surface area contributed by atoms with Crippen LogP contribution in [0.15, 0.2) is 12.3 Å². The van der Waals surface area contributed by atoms with Gasteiger partial charge < -0.3 is 11.1 Å². The summed E-state index contributed by atoms with van der Waals surface area (Å²) in [6.07, 6.45) is 3.03. The second kappa shape index (κ2) is 4.26. The number of halogens is 1. The Morgan fingerprint density at radius 3 is 3.14 bits per heavy atom.